The van der Waals surface area contributed by atoms with E-state index in [1.165, 1.54) is 154 Å². The van der Waals surface area contributed by atoms with E-state index in [4.69, 9.17) is 18.9 Å². The first-order chi connectivity index (χ1) is 28.4. The van der Waals surface area contributed by atoms with E-state index in [9.17, 15) is 29.4 Å². The molecule has 0 aliphatic heterocycles. The van der Waals surface area contributed by atoms with Crippen LogP contribution in [0, 0.1) is 0 Å². The van der Waals surface area contributed by atoms with Gasteiger partial charge in [-0.3, -0.25) is 19.2 Å². The second-order valence-electron chi connectivity index (χ2n) is 16.6. The standard InChI is InChI=1S/C48H90O10/c1-3-5-7-9-11-13-15-17-19-21-23-25-27-29-31-35-45(51)55-41-43(39-49)57-47(53)37-33-34-38-48(54)58-44(40-50)42-56-46(52)36-32-30-28-26-24-22-20-18-16-14-12-10-8-6-4-2/h43-44,49-50H,3-42H2,1-2H3. The first kappa shape index (κ1) is 55.8. The molecule has 342 valence electrons. The van der Waals surface area contributed by atoms with Crippen LogP contribution < -0.4 is 0 Å². The highest BCUT2D eigenvalue weighted by molar-refractivity contribution is 5.71. The molecule has 0 saturated carbocycles. The topological polar surface area (TPSA) is 146 Å². The summed E-state index contributed by atoms with van der Waals surface area (Å²) in [7, 11) is 0. The predicted molar refractivity (Wildman–Crippen MR) is 233 cm³/mol. The van der Waals surface area contributed by atoms with E-state index in [0.717, 1.165) is 38.5 Å². The summed E-state index contributed by atoms with van der Waals surface area (Å²) in [5.74, 6) is -1.84. The Balaban J connectivity index is 3.78. The van der Waals surface area contributed by atoms with Crippen molar-refractivity contribution in [3.05, 3.63) is 0 Å². The van der Waals surface area contributed by atoms with Gasteiger partial charge in [-0.1, -0.05) is 194 Å². The Hall–Kier alpha value is -2.20. The number of hydrogen-bond acceptors (Lipinski definition) is 10. The maximum Gasteiger partial charge on any atom is 0.306 e. The van der Waals surface area contributed by atoms with Crippen LogP contribution in [0.2, 0.25) is 0 Å². The van der Waals surface area contributed by atoms with Crippen molar-refractivity contribution in [3.8, 4) is 0 Å². The van der Waals surface area contributed by atoms with Crippen molar-refractivity contribution < 1.29 is 48.3 Å². The van der Waals surface area contributed by atoms with Gasteiger partial charge >= 0.3 is 23.9 Å². The van der Waals surface area contributed by atoms with Crippen LogP contribution in [0.4, 0.5) is 0 Å². The molecule has 10 nitrogen and oxygen atoms in total. The van der Waals surface area contributed by atoms with Crippen LogP contribution in [0.1, 0.15) is 245 Å². The van der Waals surface area contributed by atoms with E-state index >= 15 is 0 Å². The van der Waals surface area contributed by atoms with Gasteiger partial charge in [-0.25, -0.2) is 0 Å². The Morgan fingerprint density at radius 2 is 0.534 bits per heavy atom. The van der Waals surface area contributed by atoms with Crippen molar-refractivity contribution in [2.75, 3.05) is 26.4 Å². The van der Waals surface area contributed by atoms with Gasteiger partial charge in [0.25, 0.3) is 0 Å². The third-order valence-corrected chi connectivity index (χ3v) is 10.8. The fourth-order valence-electron chi connectivity index (χ4n) is 7.07. The number of aliphatic hydroxyl groups is 2. The number of esters is 4. The van der Waals surface area contributed by atoms with Gasteiger partial charge in [0.1, 0.15) is 13.2 Å². The monoisotopic (exact) mass is 827 g/mol. The maximum atomic E-state index is 12.3. The highest BCUT2D eigenvalue weighted by Gasteiger charge is 2.18. The molecule has 0 bridgehead atoms. The molecule has 0 aliphatic rings. The van der Waals surface area contributed by atoms with Gasteiger partial charge in [-0.05, 0) is 25.7 Å². The van der Waals surface area contributed by atoms with Crippen LogP contribution in [-0.4, -0.2) is 72.7 Å². The van der Waals surface area contributed by atoms with E-state index in [2.05, 4.69) is 13.8 Å². The van der Waals surface area contributed by atoms with Crippen LogP contribution in [0.25, 0.3) is 0 Å². The van der Waals surface area contributed by atoms with Gasteiger partial charge in [0, 0.05) is 25.7 Å². The lowest BCUT2D eigenvalue weighted by molar-refractivity contribution is -0.162. The minimum atomic E-state index is -0.935. The van der Waals surface area contributed by atoms with Crippen LogP contribution in [0.15, 0.2) is 0 Å². The molecule has 2 unspecified atom stereocenters. The van der Waals surface area contributed by atoms with Crippen LogP contribution in [-0.2, 0) is 38.1 Å². The fraction of sp³-hybridized carbons (Fsp3) is 0.917. The number of aliphatic hydroxyl groups excluding tert-OH is 2. The summed E-state index contributed by atoms with van der Waals surface area (Å²) in [6.07, 6.45) is 37.1. The summed E-state index contributed by atoms with van der Waals surface area (Å²) in [6, 6.07) is 0. The quantitative estimate of drug-likeness (QED) is 0.0345. The zero-order valence-electron chi connectivity index (χ0n) is 37.6. The van der Waals surface area contributed by atoms with E-state index < -0.39 is 37.4 Å². The largest absolute Gasteiger partial charge is 0.462 e. The third kappa shape index (κ3) is 40.6. The van der Waals surface area contributed by atoms with Crippen molar-refractivity contribution in [1.29, 1.82) is 0 Å². The average Bonchev–Trinajstić information content (AvgIpc) is 3.22. The zero-order valence-corrected chi connectivity index (χ0v) is 37.6. The third-order valence-electron chi connectivity index (χ3n) is 10.8. The van der Waals surface area contributed by atoms with Gasteiger partial charge in [-0.2, -0.15) is 0 Å². The summed E-state index contributed by atoms with van der Waals surface area (Å²) in [4.78, 5) is 48.8. The van der Waals surface area contributed by atoms with Gasteiger partial charge in [0.2, 0.25) is 0 Å². The van der Waals surface area contributed by atoms with Crippen LogP contribution >= 0.6 is 0 Å². The number of carbonyl (C=O) groups excluding carboxylic acids is 4. The Kier molecular flexibility index (Phi) is 42.7. The molecule has 2 atom stereocenters. The van der Waals surface area contributed by atoms with E-state index in [1.54, 1.807) is 0 Å². The molecule has 0 fully saturated rings. The summed E-state index contributed by atoms with van der Waals surface area (Å²) in [6.45, 7) is 3.20. The molecule has 0 saturated heterocycles. The molecule has 0 aromatic carbocycles. The van der Waals surface area contributed by atoms with Crippen molar-refractivity contribution in [2.45, 2.75) is 257 Å². The summed E-state index contributed by atoms with van der Waals surface area (Å²) in [5.41, 5.74) is 0. The van der Waals surface area contributed by atoms with Gasteiger partial charge in [-0.15, -0.1) is 0 Å². The lowest BCUT2D eigenvalue weighted by Crippen LogP contribution is -2.29. The Labute approximate surface area is 355 Å². The van der Waals surface area contributed by atoms with E-state index in [1.807, 2.05) is 0 Å². The molecular formula is C48H90O10. The molecule has 0 heterocycles. The lowest BCUT2D eigenvalue weighted by Gasteiger charge is -2.16. The van der Waals surface area contributed by atoms with Gasteiger partial charge < -0.3 is 29.2 Å². The molecule has 0 aromatic heterocycles. The Morgan fingerprint density at radius 3 is 0.776 bits per heavy atom. The number of unbranched alkanes of at least 4 members (excludes halogenated alkanes) is 29. The molecule has 0 amide bonds. The Bertz CT molecular complexity index is 867. The highest BCUT2D eigenvalue weighted by Crippen LogP contribution is 2.16. The second kappa shape index (κ2) is 44.4. The smallest absolute Gasteiger partial charge is 0.306 e. The Morgan fingerprint density at radius 1 is 0.328 bits per heavy atom. The van der Waals surface area contributed by atoms with E-state index in [-0.39, 0.29) is 38.0 Å². The minimum Gasteiger partial charge on any atom is -0.462 e. The maximum absolute atomic E-state index is 12.3. The zero-order chi connectivity index (χ0) is 42.6. The minimum absolute atomic E-state index is 0.0250. The second-order valence-corrected chi connectivity index (χ2v) is 16.6. The fourth-order valence-corrected chi connectivity index (χ4v) is 7.07. The number of hydrogen-bond donors (Lipinski definition) is 2. The molecule has 58 heavy (non-hydrogen) atoms. The molecule has 0 spiro atoms. The summed E-state index contributed by atoms with van der Waals surface area (Å²) >= 11 is 0. The van der Waals surface area contributed by atoms with Gasteiger partial charge in [0.05, 0.1) is 13.2 Å². The summed E-state index contributed by atoms with van der Waals surface area (Å²) in [5, 5.41) is 19.2. The molecule has 0 aliphatic carbocycles. The number of ether oxygens (including phenoxy) is 4. The van der Waals surface area contributed by atoms with Crippen molar-refractivity contribution in [1.82, 2.24) is 0 Å². The molecule has 2 N–H and O–H groups in total. The van der Waals surface area contributed by atoms with Crippen LogP contribution in [0.3, 0.4) is 0 Å². The predicted octanol–water partition coefficient (Wildman–Crippen LogP) is 12.0. The number of rotatable bonds is 45. The lowest BCUT2D eigenvalue weighted by atomic mass is 10.0. The molecule has 0 radical (unpaired) electrons. The van der Waals surface area contributed by atoms with Crippen molar-refractivity contribution in [3.63, 3.8) is 0 Å². The molecular weight excluding hydrogens is 737 g/mol. The highest BCUT2D eigenvalue weighted by atomic mass is 16.6. The number of carbonyl (C=O) groups is 4. The molecule has 10 heteroatoms. The average molecular weight is 827 g/mol. The molecule has 0 rings (SSSR count). The first-order valence-electron chi connectivity index (χ1n) is 24.3. The van der Waals surface area contributed by atoms with Crippen LogP contribution in [0.5, 0.6) is 0 Å². The van der Waals surface area contributed by atoms with E-state index in [0.29, 0.717) is 25.7 Å². The summed E-state index contributed by atoms with van der Waals surface area (Å²) < 4.78 is 20.9. The van der Waals surface area contributed by atoms with Crippen molar-refractivity contribution in [2.24, 2.45) is 0 Å². The molecule has 0 aromatic rings. The van der Waals surface area contributed by atoms with Crippen molar-refractivity contribution >= 4 is 23.9 Å². The first-order valence-corrected chi connectivity index (χ1v) is 24.3. The SMILES string of the molecule is CCCCCCCCCCCCCCCCCC(=O)OCC(CO)OC(=O)CCCCC(=O)OC(CO)COC(=O)CCCCCCCCCCCCCCCCC. The normalized spacial score (nSPS) is 12.3. The van der Waals surface area contributed by atoms with Gasteiger partial charge in [0.15, 0.2) is 12.2 Å².